The first-order valence-electron chi connectivity index (χ1n) is 16.8. The van der Waals surface area contributed by atoms with Crippen LogP contribution in [0.3, 0.4) is 0 Å². The molecule has 2 aliphatic rings. The van der Waals surface area contributed by atoms with Gasteiger partial charge in [-0.05, 0) is 41.0 Å². The van der Waals surface area contributed by atoms with E-state index in [1.807, 2.05) is 55.5 Å². The Kier molecular flexibility index (Phi) is 9.92. The number of aromatic amines is 1. The second-order valence-electron chi connectivity index (χ2n) is 12.6. The topological polar surface area (TPSA) is 197 Å². The van der Waals surface area contributed by atoms with Gasteiger partial charge in [-0.3, -0.25) is 4.57 Å². The van der Waals surface area contributed by atoms with E-state index in [0.717, 1.165) is 22.3 Å². The van der Waals surface area contributed by atoms with Crippen molar-refractivity contribution in [3.05, 3.63) is 77.9 Å². The summed E-state index contributed by atoms with van der Waals surface area (Å²) >= 11 is 0. The average molecular weight is 729 g/mol. The second-order valence-corrected chi connectivity index (χ2v) is 12.6. The van der Waals surface area contributed by atoms with Crippen LogP contribution in [-0.2, 0) is 39.7 Å². The summed E-state index contributed by atoms with van der Waals surface area (Å²) in [5, 5.41) is 14.4. The molecule has 1 N–H and O–H groups in total. The fraction of sp³-hybridized carbons (Fsp3) is 0.361. The van der Waals surface area contributed by atoms with Crippen molar-refractivity contribution in [3.63, 3.8) is 0 Å². The van der Waals surface area contributed by atoms with Gasteiger partial charge >= 0.3 is 18.3 Å². The van der Waals surface area contributed by atoms with Gasteiger partial charge in [0, 0.05) is 19.4 Å². The van der Waals surface area contributed by atoms with Crippen LogP contribution >= 0.6 is 0 Å². The van der Waals surface area contributed by atoms with E-state index >= 15 is 0 Å². The number of H-pyrrole nitrogens is 1. The quantitative estimate of drug-likeness (QED) is 0.112. The normalized spacial score (nSPS) is 19.4. The van der Waals surface area contributed by atoms with Gasteiger partial charge in [-0.25, -0.2) is 14.4 Å². The molecule has 276 valence electrons. The van der Waals surface area contributed by atoms with E-state index in [4.69, 9.17) is 33.2 Å². The number of para-hydroxylation sites is 1. The predicted molar refractivity (Wildman–Crippen MR) is 183 cm³/mol. The Hall–Kier alpha value is -6.07. The lowest BCUT2D eigenvalue weighted by Gasteiger charge is -2.26. The van der Waals surface area contributed by atoms with Crippen LogP contribution in [0.5, 0.6) is 6.01 Å². The molecule has 7 rings (SSSR count). The van der Waals surface area contributed by atoms with Crippen molar-refractivity contribution in [2.75, 3.05) is 26.9 Å². The van der Waals surface area contributed by atoms with Crippen LogP contribution in [0.4, 0.5) is 9.59 Å². The standard InChI is InChI=1S/C36H36N6O11/c1-5-47-33-37-25-12-8-11-24(28(25)42(33)17-20-13-15-21(16-14-20)22-9-6-7-10-23(22)31-38-40-41-39-31)32(43)52-36(2,3)53-35(45)51-27-19-49-29-26(18-48-30(27)29)50-34(44)46-4/h6-16,26-27,29-30H,5,17-19H2,1-4H3,(H,38,39,40,41)/t26-,27-,29-,30-/m1/s1. The third kappa shape index (κ3) is 7.47. The number of esters is 1. The number of aromatic nitrogens is 6. The first-order chi connectivity index (χ1) is 25.6. The van der Waals surface area contributed by atoms with Crippen molar-refractivity contribution in [1.82, 2.24) is 30.2 Å². The lowest BCUT2D eigenvalue weighted by Crippen LogP contribution is -2.39. The van der Waals surface area contributed by atoms with Gasteiger partial charge in [-0.1, -0.05) is 54.6 Å². The summed E-state index contributed by atoms with van der Waals surface area (Å²) in [4.78, 5) is 42.8. The highest BCUT2D eigenvalue weighted by Crippen LogP contribution is 2.33. The molecule has 2 aliphatic heterocycles. The third-order valence-electron chi connectivity index (χ3n) is 8.64. The van der Waals surface area contributed by atoms with Crippen molar-refractivity contribution in [2.45, 2.75) is 57.5 Å². The maximum atomic E-state index is 13.8. The fourth-order valence-electron chi connectivity index (χ4n) is 6.34. The molecular formula is C36H36N6O11. The lowest BCUT2D eigenvalue weighted by atomic mass is 9.98. The minimum atomic E-state index is -1.75. The molecule has 0 unspecified atom stereocenters. The first kappa shape index (κ1) is 35.3. The number of tetrazole rings is 1. The Morgan fingerprint density at radius 2 is 1.58 bits per heavy atom. The number of carbonyl (C=O) groups excluding carboxylic acids is 3. The highest BCUT2D eigenvalue weighted by atomic mass is 16.8. The van der Waals surface area contributed by atoms with Crippen LogP contribution in [0.1, 0.15) is 36.7 Å². The smallest absolute Gasteiger partial charge is 0.465 e. The minimum absolute atomic E-state index is 0.0177. The van der Waals surface area contributed by atoms with Crippen LogP contribution in [0.25, 0.3) is 33.5 Å². The largest absolute Gasteiger partial charge is 0.512 e. The van der Waals surface area contributed by atoms with Crippen molar-refractivity contribution >= 4 is 29.3 Å². The molecule has 17 heteroatoms. The van der Waals surface area contributed by atoms with E-state index in [1.165, 1.54) is 21.0 Å². The molecule has 5 aromatic rings. The Balaban J connectivity index is 1.06. The summed E-state index contributed by atoms with van der Waals surface area (Å²) < 4.78 is 45.3. The van der Waals surface area contributed by atoms with E-state index in [1.54, 1.807) is 22.8 Å². The number of hydrogen-bond donors (Lipinski definition) is 1. The molecule has 0 spiro atoms. The SMILES string of the molecule is CCOc1nc2cccc(C(=O)OC(C)(C)OC(=O)O[C@@H]3CO[C@H]4[C@@H]3OC[C@H]4OC(=O)OC)c2n1Cc1ccc(-c2ccccc2-c2nn[nH]n2)cc1. The Morgan fingerprint density at radius 3 is 2.25 bits per heavy atom. The van der Waals surface area contributed by atoms with E-state index < -0.39 is 48.5 Å². The van der Waals surface area contributed by atoms with Crippen LogP contribution in [0, 0.1) is 0 Å². The zero-order valence-corrected chi connectivity index (χ0v) is 29.2. The predicted octanol–water partition coefficient (Wildman–Crippen LogP) is 4.69. The number of rotatable bonds is 11. The molecule has 2 fully saturated rings. The number of carbonyl (C=O) groups is 3. The highest BCUT2D eigenvalue weighted by molar-refractivity contribution is 6.02. The molecule has 0 aliphatic carbocycles. The summed E-state index contributed by atoms with van der Waals surface area (Å²) in [6, 6.07) is 21.1. The Morgan fingerprint density at radius 1 is 0.887 bits per heavy atom. The number of benzene rings is 3. The average Bonchev–Trinajstić information content (AvgIpc) is 3.96. The van der Waals surface area contributed by atoms with Gasteiger partial charge in [-0.15, -0.1) is 10.2 Å². The van der Waals surface area contributed by atoms with Gasteiger partial charge in [0.2, 0.25) is 5.82 Å². The van der Waals surface area contributed by atoms with Crippen LogP contribution in [-0.4, -0.2) is 106 Å². The van der Waals surface area contributed by atoms with Gasteiger partial charge in [0.25, 0.3) is 11.8 Å². The first-order valence-corrected chi connectivity index (χ1v) is 16.8. The fourth-order valence-corrected chi connectivity index (χ4v) is 6.34. The summed E-state index contributed by atoms with van der Waals surface area (Å²) in [7, 11) is 1.19. The molecule has 17 nitrogen and oxygen atoms in total. The van der Waals surface area contributed by atoms with Gasteiger partial charge in [0.1, 0.15) is 12.2 Å². The summed E-state index contributed by atoms with van der Waals surface area (Å²) in [5.74, 6) is -2.02. The number of ether oxygens (including phenoxy) is 8. The van der Waals surface area contributed by atoms with E-state index in [0.29, 0.717) is 36.0 Å². The number of fused-ring (bicyclic) bond motifs is 2. The van der Waals surface area contributed by atoms with Crippen LogP contribution in [0.2, 0.25) is 0 Å². The molecule has 2 saturated heterocycles. The molecule has 0 radical (unpaired) electrons. The Labute approximate surface area is 302 Å². The number of nitrogens with one attached hydrogen (secondary N) is 1. The van der Waals surface area contributed by atoms with Gasteiger partial charge in [0.05, 0.1) is 50.1 Å². The van der Waals surface area contributed by atoms with E-state index in [2.05, 4.69) is 30.3 Å². The van der Waals surface area contributed by atoms with Crippen LogP contribution in [0.15, 0.2) is 66.7 Å². The number of hydrogen-bond acceptors (Lipinski definition) is 15. The Bertz CT molecular complexity index is 2100. The van der Waals surface area contributed by atoms with Crippen molar-refractivity contribution in [2.24, 2.45) is 0 Å². The molecule has 53 heavy (non-hydrogen) atoms. The second kappa shape index (κ2) is 14.9. The molecule has 0 amide bonds. The monoisotopic (exact) mass is 728 g/mol. The molecule has 4 atom stereocenters. The molecule has 2 aromatic heterocycles. The van der Waals surface area contributed by atoms with E-state index in [9.17, 15) is 14.4 Å². The zero-order valence-electron chi connectivity index (χ0n) is 29.2. The lowest BCUT2D eigenvalue weighted by molar-refractivity contribution is -0.162. The van der Waals surface area contributed by atoms with Crippen molar-refractivity contribution in [1.29, 1.82) is 0 Å². The molecule has 0 saturated carbocycles. The van der Waals surface area contributed by atoms with Crippen molar-refractivity contribution < 1.29 is 52.3 Å². The third-order valence-corrected chi connectivity index (χ3v) is 8.64. The number of methoxy groups -OCH3 is 1. The summed E-state index contributed by atoms with van der Waals surface area (Å²) in [6.07, 6.45) is -4.90. The summed E-state index contributed by atoms with van der Waals surface area (Å²) in [6.45, 7) is 5.35. The summed E-state index contributed by atoms with van der Waals surface area (Å²) in [5.41, 5.74) is 4.80. The molecule has 3 aromatic carbocycles. The van der Waals surface area contributed by atoms with Gasteiger partial charge in [0.15, 0.2) is 12.2 Å². The molecule has 4 heterocycles. The minimum Gasteiger partial charge on any atom is -0.465 e. The maximum absolute atomic E-state index is 13.8. The highest BCUT2D eigenvalue weighted by Gasteiger charge is 2.52. The zero-order chi connectivity index (χ0) is 37.1. The van der Waals surface area contributed by atoms with Gasteiger partial charge in [-0.2, -0.15) is 10.2 Å². The number of nitrogens with zero attached hydrogens (tertiary/aromatic N) is 5. The molecule has 0 bridgehead atoms. The maximum Gasteiger partial charge on any atom is 0.512 e. The van der Waals surface area contributed by atoms with E-state index in [-0.39, 0.29) is 18.8 Å². The van der Waals surface area contributed by atoms with Crippen LogP contribution < -0.4 is 4.74 Å². The molecular weight excluding hydrogens is 692 g/mol. The number of imidazole rings is 1. The van der Waals surface area contributed by atoms with Crippen molar-refractivity contribution in [3.8, 4) is 28.5 Å². The van der Waals surface area contributed by atoms with Gasteiger partial charge < -0.3 is 37.9 Å².